The standard InChI is InChI=1S/C30H42N4O3.C2H6/c1-3-4-5-6-7-8-9-10-11-12-13-14-15-16-17-18-19-20-29(36)32-22-21-30(37)34-28(26(2)35)23-27-24-31-25-33-27;1-2/h3-4,6-7,9-10,12-13,15-16,18-19,24-25,28H,5,8,11,14,17,20-23H2,1-2H3,(H,31,33)(H,32,36)(H,34,37);1-2H3/b4-3-,7-6-,10-9-,13-12-,16-15-,19-18-;/t28-;/m0./s1. The van der Waals surface area contributed by atoms with Crippen molar-refractivity contribution in [2.24, 2.45) is 0 Å². The molecule has 1 heterocycles. The van der Waals surface area contributed by atoms with Crippen molar-refractivity contribution >= 4 is 17.6 Å². The number of allylic oxidation sites excluding steroid dienone is 11. The van der Waals surface area contributed by atoms with E-state index in [1.165, 1.54) is 13.3 Å². The Morgan fingerprint density at radius 2 is 1.33 bits per heavy atom. The number of aromatic amines is 1. The van der Waals surface area contributed by atoms with Crippen LogP contribution in [0.3, 0.4) is 0 Å². The third-order valence-corrected chi connectivity index (χ3v) is 5.21. The fourth-order valence-electron chi connectivity index (χ4n) is 3.15. The summed E-state index contributed by atoms with van der Waals surface area (Å²) in [6, 6.07) is -0.613. The summed E-state index contributed by atoms with van der Waals surface area (Å²) in [7, 11) is 0. The van der Waals surface area contributed by atoms with Gasteiger partial charge < -0.3 is 15.6 Å². The number of hydrogen-bond acceptors (Lipinski definition) is 4. The highest BCUT2D eigenvalue weighted by Gasteiger charge is 2.18. The number of amides is 2. The van der Waals surface area contributed by atoms with Gasteiger partial charge in [-0.3, -0.25) is 14.4 Å². The Balaban J connectivity index is 0.00000704. The lowest BCUT2D eigenvalue weighted by Crippen LogP contribution is -2.42. The molecule has 0 aliphatic rings. The normalized spacial score (nSPS) is 12.6. The highest BCUT2D eigenvalue weighted by Crippen LogP contribution is 2.00. The van der Waals surface area contributed by atoms with Gasteiger partial charge in [0.15, 0.2) is 5.78 Å². The second kappa shape index (κ2) is 25.9. The van der Waals surface area contributed by atoms with Gasteiger partial charge in [0.05, 0.1) is 12.4 Å². The van der Waals surface area contributed by atoms with Crippen LogP contribution in [-0.2, 0) is 20.8 Å². The van der Waals surface area contributed by atoms with E-state index in [0.717, 1.165) is 37.8 Å². The van der Waals surface area contributed by atoms with Gasteiger partial charge >= 0.3 is 0 Å². The second-order valence-electron chi connectivity index (χ2n) is 8.42. The largest absolute Gasteiger partial charge is 0.355 e. The Hall–Kier alpha value is -3.74. The lowest BCUT2D eigenvalue weighted by Gasteiger charge is -2.15. The Labute approximate surface area is 235 Å². The second-order valence-corrected chi connectivity index (χ2v) is 8.42. The third-order valence-electron chi connectivity index (χ3n) is 5.21. The number of carbonyl (C=O) groups is 3. The number of ketones is 1. The molecule has 1 atom stereocenters. The summed E-state index contributed by atoms with van der Waals surface area (Å²) in [5.74, 6) is -0.550. The van der Waals surface area contributed by atoms with Crippen molar-refractivity contribution in [2.75, 3.05) is 6.54 Å². The molecule has 1 aromatic heterocycles. The molecule has 0 bridgehead atoms. The highest BCUT2D eigenvalue weighted by atomic mass is 16.2. The van der Waals surface area contributed by atoms with Crippen LogP contribution in [0.25, 0.3) is 0 Å². The molecule has 0 saturated carbocycles. The van der Waals surface area contributed by atoms with Gasteiger partial charge in [0.2, 0.25) is 11.8 Å². The molecule has 0 unspecified atom stereocenters. The molecule has 0 spiro atoms. The number of carbonyl (C=O) groups excluding carboxylic acids is 3. The SMILES string of the molecule is C/C=C\C/C=C\C/C=C\C/C=C\C/C=C\C/C=C\CC(=O)NCCC(=O)N[C@@H](Cc1cnc[nH]1)C(C)=O.CC. The molecule has 39 heavy (non-hydrogen) atoms. The molecular weight excluding hydrogens is 488 g/mol. The van der Waals surface area contributed by atoms with Crippen molar-refractivity contribution in [3.8, 4) is 0 Å². The molecular formula is C32H48N4O3. The Bertz CT molecular complexity index is 954. The van der Waals surface area contributed by atoms with Crippen molar-refractivity contribution in [2.45, 2.75) is 85.1 Å². The zero-order chi connectivity index (χ0) is 29.0. The van der Waals surface area contributed by atoms with Gasteiger partial charge in [0.25, 0.3) is 0 Å². The van der Waals surface area contributed by atoms with Gasteiger partial charge in [-0.25, -0.2) is 4.98 Å². The first-order valence-corrected chi connectivity index (χ1v) is 13.9. The highest BCUT2D eigenvalue weighted by molar-refractivity contribution is 5.88. The summed E-state index contributed by atoms with van der Waals surface area (Å²) in [6.07, 6.45) is 33.6. The summed E-state index contributed by atoms with van der Waals surface area (Å²) >= 11 is 0. The summed E-state index contributed by atoms with van der Waals surface area (Å²) in [5.41, 5.74) is 0.773. The van der Waals surface area contributed by atoms with Crippen molar-refractivity contribution < 1.29 is 14.4 Å². The van der Waals surface area contributed by atoms with Crippen molar-refractivity contribution in [3.05, 3.63) is 91.1 Å². The number of nitrogens with zero attached hydrogens (tertiary/aromatic N) is 1. The van der Waals surface area contributed by atoms with Crippen LogP contribution < -0.4 is 10.6 Å². The number of nitrogens with one attached hydrogen (secondary N) is 3. The van der Waals surface area contributed by atoms with Gasteiger partial charge in [-0.05, 0) is 46.0 Å². The molecule has 0 radical (unpaired) electrons. The number of imidazole rings is 1. The lowest BCUT2D eigenvalue weighted by atomic mass is 10.1. The summed E-state index contributed by atoms with van der Waals surface area (Å²) < 4.78 is 0. The quantitative estimate of drug-likeness (QED) is 0.182. The van der Waals surface area contributed by atoms with Crippen LogP contribution in [0.5, 0.6) is 0 Å². The van der Waals surface area contributed by atoms with Gasteiger partial charge in [0, 0.05) is 37.7 Å². The van der Waals surface area contributed by atoms with Gasteiger partial charge in [-0.1, -0.05) is 86.8 Å². The molecule has 7 nitrogen and oxygen atoms in total. The lowest BCUT2D eigenvalue weighted by molar-refractivity contribution is -0.127. The maximum Gasteiger partial charge on any atom is 0.223 e. The molecule has 0 aliphatic carbocycles. The summed E-state index contributed by atoms with van der Waals surface area (Å²) in [4.78, 5) is 42.7. The Morgan fingerprint density at radius 3 is 1.79 bits per heavy atom. The van der Waals surface area contributed by atoms with E-state index < -0.39 is 6.04 Å². The van der Waals surface area contributed by atoms with Crippen molar-refractivity contribution in [1.29, 1.82) is 0 Å². The molecule has 2 amide bonds. The fourth-order valence-corrected chi connectivity index (χ4v) is 3.15. The minimum atomic E-state index is -0.613. The van der Waals surface area contributed by atoms with E-state index in [-0.39, 0.29) is 37.0 Å². The monoisotopic (exact) mass is 536 g/mol. The maximum atomic E-state index is 12.1. The van der Waals surface area contributed by atoms with E-state index in [9.17, 15) is 14.4 Å². The fraction of sp³-hybridized carbons (Fsp3) is 0.438. The van der Waals surface area contributed by atoms with Crippen LogP contribution in [0.1, 0.15) is 78.3 Å². The van der Waals surface area contributed by atoms with Crippen molar-refractivity contribution in [3.63, 3.8) is 0 Å². The average molecular weight is 537 g/mol. The van der Waals surface area contributed by atoms with Crippen LogP contribution in [0.4, 0.5) is 0 Å². The van der Waals surface area contributed by atoms with Crippen LogP contribution in [-0.4, -0.2) is 40.2 Å². The van der Waals surface area contributed by atoms with E-state index >= 15 is 0 Å². The first kappa shape index (κ1) is 35.3. The number of H-pyrrole nitrogens is 1. The topological polar surface area (TPSA) is 104 Å². The Morgan fingerprint density at radius 1 is 0.821 bits per heavy atom. The zero-order valence-corrected chi connectivity index (χ0v) is 24.2. The molecule has 1 rings (SSSR count). The van der Waals surface area contributed by atoms with Crippen LogP contribution in [0.15, 0.2) is 85.4 Å². The van der Waals surface area contributed by atoms with Crippen LogP contribution >= 0.6 is 0 Å². The number of rotatable bonds is 19. The predicted octanol–water partition coefficient (Wildman–Crippen LogP) is 6.26. The van der Waals surface area contributed by atoms with Gasteiger partial charge in [-0.2, -0.15) is 0 Å². The minimum absolute atomic E-state index is 0.113. The number of aromatic nitrogens is 2. The molecule has 0 aromatic carbocycles. The number of hydrogen-bond donors (Lipinski definition) is 3. The Kier molecular flexibility index (Phi) is 23.4. The molecule has 0 fully saturated rings. The predicted molar refractivity (Wildman–Crippen MR) is 162 cm³/mol. The van der Waals surface area contributed by atoms with E-state index in [0.29, 0.717) is 6.42 Å². The van der Waals surface area contributed by atoms with Gasteiger partial charge in [-0.15, -0.1) is 0 Å². The van der Waals surface area contributed by atoms with E-state index in [4.69, 9.17) is 0 Å². The molecule has 214 valence electrons. The average Bonchev–Trinajstić information content (AvgIpc) is 3.44. The van der Waals surface area contributed by atoms with E-state index in [1.807, 2.05) is 32.9 Å². The molecule has 0 saturated heterocycles. The van der Waals surface area contributed by atoms with Crippen LogP contribution in [0.2, 0.25) is 0 Å². The molecule has 0 aliphatic heterocycles. The van der Waals surface area contributed by atoms with E-state index in [2.05, 4.69) is 81.4 Å². The maximum absolute atomic E-state index is 12.1. The minimum Gasteiger partial charge on any atom is -0.355 e. The van der Waals surface area contributed by atoms with Crippen molar-refractivity contribution in [1.82, 2.24) is 20.6 Å². The third kappa shape index (κ3) is 22.0. The first-order valence-electron chi connectivity index (χ1n) is 13.9. The smallest absolute Gasteiger partial charge is 0.223 e. The molecule has 7 heteroatoms. The van der Waals surface area contributed by atoms with E-state index in [1.54, 1.807) is 6.20 Å². The zero-order valence-electron chi connectivity index (χ0n) is 24.2. The molecule has 3 N–H and O–H groups in total. The summed E-state index contributed by atoms with van der Waals surface area (Å²) in [6.45, 7) is 7.69. The van der Waals surface area contributed by atoms with Crippen LogP contribution in [0, 0.1) is 0 Å². The summed E-state index contributed by atoms with van der Waals surface area (Å²) in [5, 5.41) is 5.44. The van der Waals surface area contributed by atoms with Gasteiger partial charge in [0.1, 0.15) is 0 Å². The first-order chi connectivity index (χ1) is 19.0. The molecule has 1 aromatic rings. The number of Topliss-reactive ketones (excluding diaryl/α,β-unsaturated/α-hetero) is 1.